The minimum atomic E-state index is -0.800. The summed E-state index contributed by atoms with van der Waals surface area (Å²) in [6, 6.07) is 0. The van der Waals surface area contributed by atoms with Gasteiger partial charge in [-0.2, -0.15) is 0 Å². The molecule has 1 aromatic heterocycles. The van der Waals surface area contributed by atoms with Gasteiger partial charge in [-0.15, -0.1) is 0 Å². The molecule has 0 fully saturated rings. The molecule has 5 heteroatoms. The Labute approximate surface area is 76.2 Å². The minimum absolute atomic E-state index is 0.227. The van der Waals surface area contributed by atoms with Gasteiger partial charge in [0.15, 0.2) is 5.69 Å². The van der Waals surface area contributed by atoms with Gasteiger partial charge >= 0.3 is 0 Å². The maximum Gasteiger partial charge on any atom is 0.281 e. The van der Waals surface area contributed by atoms with E-state index in [9.17, 15) is 9.59 Å². The van der Waals surface area contributed by atoms with E-state index in [1.807, 2.05) is 13.8 Å². The molecule has 0 bridgehead atoms. The van der Waals surface area contributed by atoms with E-state index < -0.39 is 11.5 Å². The van der Waals surface area contributed by atoms with Gasteiger partial charge in [0.05, 0.1) is 0 Å². The van der Waals surface area contributed by atoms with Gasteiger partial charge in [0, 0.05) is 19.4 Å². The summed E-state index contributed by atoms with van der Waals surface area (Å²) in [7, 11) is 1.52. The molecule has 0 aliphatic rings. The van der Waals surface area contributed by atoms with Gasteiger partial charge in [0.2, 0.25) is 0 Å². The lowest BCUT2D eigenvalue weighted by molar-refractivity contribution is 0.0993. The van der Waals surface area contributed by atoms with Crippen molar-refractivity contribution in [2.24, 2.45) is 12.8 Å². The lowest BCUT2D eigenvalue weighted by Crippen LogP contribution is -2.29. The van der Waals surface area contributed by atoms with Gasteiger partial charge in [0.1, 0.15) is 0 Å². The van der Waals surface area contributed by atoms with Crippen LogP contribution in [0.1, 0.15) is 24.3 Å². The van der Waals surface area contributed by atoms with Gasteiger partial charge in [-0.25, -0.2) is 4.98 Å². The highest BCUT2D eigenvalue weighted by Crippen LogP contribution is 1.80. The summed E-state index contributed by atoms with van der Waals surface area (Å²) < 4.78 is 1.24. The zero-order chi connectivity index (χ0) is 10.4. The first kappa shape index (κ1) is 11.4. The molecule has 13 heavy (non-hydrogen) atoms. The maximum atomic E-state index is 11.0. The van der Waals surface area contributed by atoms with E-state index in [1.54, 1.807) is 0 Å². The number of primary amides is 1. The molecule has 0 atom stereocenters. The lowest BCUT2D eigenvalue weighted by Gasteiger charge is -1.96. The zero-order valence-corrected chi connectivity index (χ0v) is 7.94. The molecule has 72 valence electrons. The highest BCUT2D eigenvalue weighted by atomic mass is 16.2. The predicted octanol–water partition coefficient (Wildman–Crippen LogP) is -0.0946. The smallest absolute Gasteiger partial charge is 0.281 e. The van der Waals surface area contributed by atoms with Crippen molar-refractivity contribution in [3.05, 3.63) is 28.4 Å². The molecule has 0 aliphatic carbocycles. The summed E-state index contributed by atoms with van der Waals surface area (Å²) in [4.78, 5) is 25.1. The summed E-state index contributed by atoms with van der Waals surface area (Å²) in [6.07, 6.45) is 2.80. The van der Waals surface area contributed by atoms with Crippen molar-refractivity contribution >= 4 is 5.91 Å². The fourth-order valence-electron chi connectivity index (χ4n) is 0.667. The van der Waals surface area contributed by atoms with Crippen LogP contribution in [0.4, 0.5) is 0 Å². The minimum Gasteiger partial charge on any atom is -0.364 e. The van der Waals surface area contributed by atoms with Crippen molar-refractivity contribution in [1.82, 2.24) is 9.55 Å². The lowest BCUT2D eigenvalue weighted by atomic mass is 10.4. The van der Waals surface area contributed by atoms with Crippen LogP contribution in [0.25, 0.3) is 0 Å². The second kappa shape index (κ2) is 5.08. The molecule has 0 aromatic carbocycles. The Morgan fingerprint density at radius 2 is 2.08 bits per heavy atom. The monoisotopic (exact) mass is 183 g/mol. The van der Waals surface area contributed by atoms with E-state index in [2.05, 4.69) is 4.98 Å². The SMILES string of the molecule is CC.Cn1ccnc(C(N)=O)c1=O. The zero-order valence-electron chi connectivity index (χ0n) is 7.94. The standard InChI is InChI=1S/C6H7N3O2.C2H6/c1-9-3-2-8-4(5(7)10)6(9)11;1-2/h2-3H,1H3,(H2,7,10);1-2H3. The van der Waals surface area contributed by atoms with Crippen LogP contribution >= 0.6 is 0 Å². The number of hydrogen-bond donors (Lipinski definition) is 1. The summed E-state index contributed by atoms with van der Waals surface area (Å²) in [6.45, 7) is 4.00. The maximum absolute atomic E-state index is 11.0. The summed E-state index contributed by atoms with van der Waals surface area (Å²) in [5.74, 6) is -0.800. The number of amides is 1. The van der Waals surface area contributed by atoms with Gasteiger partial charge in [-0.05, 0) is 0 Å². The van der Waals surface area contributed by atoms with E-state index in [1.165, 1.54) is 24.0 Å². The van der Waals surface area contributed by atoms with Crippen LogP contribution in [0, 0.1) is 0 Å². The number of aryl methyl sites for hydroxylation is 1. The van der Waals surface area contributed by atoms with Crippen LogP contribution in [0.15, 0.2) is 17.2 Å². The molecule has 0 aliphatic heterocycles. The molecule has 1 aromatic rings. The molecule has 1 amide bonds. The van der Waals surface area contributed by atoms with Crippen molar-refractivity contribution < 1.29 is 4.79 Å². The van der Waals surface area contributed by atoms with Crippen LogP contribution in [0.2, 0.25) is 0 Å². The molecule has 1 heterocycles. The normalized spacial score (nSPS) is 8.54. The van der Waals surface area contributed by atoms with Crippen molar-refractivity contribution in [3.8, 4) is 0 Å². The first-order chi connectivity index (χ1) is 6.13. The largest absolute Gasteiger partial charge is 0.364 e. The molecule has 0 spiro atoms. The number of nitrogens with two attached hydrogens (primary N) is 1. The fraction of sp³-hybridized carbons (Fsp3) is 0.375. The second-order valence-electron chi connectivity index (χ2n) is 2.06. The van der Waals surface area contributed by atoms with E-state index in [0.717, 1.165) is 0 Å². The highest BCUT2D eigenvalue weighted by Gasteiger charge is 2.07. The fourth-order valence-corrected chi connectivity index (χ4v) is 0.667. The van der Waals surface area contributed by atoms with Gasteiger partial charge in [0.25, 0.3) is 11.5 Å². The number of nitrogens with zero attached hydrogens (tertiary/aromatic N) is 2. The Morgan fingerprint density at radius 1 is 1.54 bits per heavy atom. The molecule has 0 unspecified atom stereocenters. The Morgan fingerprint density at radius 3 is 2.46 bits per heavy atom. The van der Waals surface area contributed by atoms with E-state index in [0.29, 0.717) is 0 Å². The topological polar surface area (TPSA) is 78.0 Å². The Kier molecular flexibility index (Phi) is 4.43. The first-order valence-corrected chi connectivity index (χ1v) is 3.94. The van der Waals surface area contributed by atoms with Crippen LogP contribution in [-0.4, -0.2) is 15.5 Å². The van der Waals surface area contributed by atoms with Crippen LogP contribution in [0.5, 0.6) is 0 Å². The predicted molar refractivity (Wildman–Crippen MR) is 49.3 cm³/mol. The third-order valence-electron chi connectivity index (χ3n) is 1.25. The number of aromatic nitrogens is 2. The first-order valence-electron chi connectivity index (χ1n) is 3.94. The molecule has 0 saturated heterocycles. The average molecular weight is 183 g/mol. The number of carbonyl (C=O) groups is 1. The molecule has 0 saturated carbocycles. The molecular weight excluding hydrogens is 170 g/mol. The van der Waals surface area contributed by atoms with E-state index in [-0.39, 0.29) is 5.69 Å². The summed E-state index contributed by atoms with van der Waals surface area (Å²) >= 11 is 0. The van der Waals surface area contributed by atoms with Crippen LogP contribution in [-0.2, 0) is 7.05 Å². The second-order valence-corrected chi connectivity index (χ2v) is 2.06. The van der Waals surface area contributed by atoms with Crippen LogP contribution in [0.3, 0.4) is 0 Å². The molecule has 5 nitrogen and oxygen atoms in total. The Hall–Kier alpha value is -1.65. The highest BCUT2D eigenvalue weighted by molar-refractivity contribution is 5.90. The Bertz CT molecular complexity index is 343. The molecular formula is C8H13N3O2. The number of rotatable bonds is 1. The van der Waals surface area contributed by atoms with E-state index >= 15 is 0 Å². The average Bonchev–Trinajstić information content (AvgIpc) is 2.13. The Balaban J connectivity index is 0.000000671. The van der Waals surface area contributed by atoms with Gasteiger partial charge in [-0.1, -0.05) is 13.8 Å². The van der Waals surface area contributed by atoms with Crippen molar-refractivity contribution in [2.75, 3.05) is 0 Å². The molecule has 2 N–H and O–H groups in total. The molecule has 1 rings (SSSR count). The third-order valence-corrected chi connectivity index (χ3v) is 1.25. The summed E-state index contributed by atoms with van der Waals surface area (Å²) in [5, 5.41) is 0. The van der Waals surface area contributed by atoms with Crippen molar-refractivity contribution in [2.45, 2.75) is 13.8 Å². The van der Waals surface area contributed by atoms with Crippen molar-refractivity contribution in [1.29, 1.82) is 0 Å². The molecule has 0 radical (unpaired) electrons. The van der Waals surface area contributed by atoms with E-state index in [4.69, 9.17) is 5.73 Å². The van der Waals surface area contributed by atoms with Crippen LogP contribution < -0.4 is 11.3 Å². The van der Waals surface area contributed by atoms with Crippen molar-refractivity contribution in [3.63, 3.8) is 0 Å². The third kappa shape index (κ3) is 2.70. The summed E-state index contributed by atoms with van der Waals surface area (Å²) in [5.41, 5.74) is 4.17. The van der Waals surface area contributed by atoms with Gasteiger partial charge < -0.3 is 10.3 Å². The quantitative estimate of drug-likeness (QED) is 0.660. The number of hydrogen-bond acceptors (Lipinski definition) is 3. The van der Waals surface area contributed by atoms with Gasteiger partial charge in [-0.3, -0.25) is 9.59 Å². The number of carbonyl (C=O) groups excluding carboxylic acids is 1.